The summed E-state index contributed by atoms with van der Waals surface area (Å²) < 4.78 is 5.14. The highest BCUT2D eigenvalue weighted by atomic mass is 16.6. The minimum Gasteiger partial charge on any atom is -0.479 e. The molecule has 0 unspecified atom stereocenters. The van der Waals surface area contributed by atoms with Crippen molar-refractivity contribution in [3.05, 3.63) is 0 Å². The third kappa shape index (κ3) is 7.90. The Kier molecular flexibility index (Phi) is 8.32. The number of aliphatic hydroxyl groups is 1. The van der Waals surface area contributed by atoms with Gasteiger partial charge in [0.1, 0.15) is 5.60 Å². The number of carbonyl (C=O) groups is 2. The molecule has 124 valence electrons. The van der Waals surface area contributed by atoms with E-state index in [-0.39, 0.29) is 5.92 Å². The molecule has 0 aromatic carbocycles. The average molecular weight is 303 g/mol. The molecule has 0 saturated carbocycles. The van der Waals surface area contributed by atoms with E-state index in [2.05, 4.69) is 5.32 Å². The first-order valence-corrected chi connectivity index (χ1v) is 7.52. The van der Waals surface area contributed by atoms with E-state index in [0.717, 1.165) is 19.3 Å². The number of alkyl carbamates (subject to hydrolysis) is 1. The van der Waals surface area contributed by atoms with Gasteiger partial charge in [-0.2, -0.15) is 0 Å². The zero-order valence-corrected chi connectivity index (χ0v) is 13.7. The molecule has 0 aliphatic carbocycles. The fourth-order valence-electron chi connectivity index (χ4n) is 2.16. The zero-order chi connectivity index (χ0) is 16.6. The third-order valence-corrected chi connectivity index (χ3v) is 3.24. The molecular weight excluding hydrogens is 274 g/mol. The maximum Gasteiger partial charge on any atom is 0.407 e. The van der Waals surface area contributed by atoms with Crippen LogP contribution in [0.5, 0.6) is 0 Å². The molecule has 3 atom stereocenters. The number of amides is 1. The second-order valence-corrected chi connectivity index (χ2v) is 6.27. The molecule has 0 aliphatic heterocycles. The molecule has 0 heterocycles. The molecular formula is C15H29NO5. The van der Waals surface area contributed by atoms with Gasteiger partial charge in [0.15, 0.2) is 6.10 Å². The Balaban J connectivity index is 4.95. The predicted octanol–water partition coefficient (Wildman–Crippen LogP) is 2.54. The number of rotatable bonds is 8. The summed E-state index contributed by atoms with van der Waals surface area (Å²) in [5.41, 5.74) is -0.673. The number of ether oxygens (including phenoxy) is 1. The van der Waals surface area contributed by atoms with Crippen molar-refractivity contribution < 1.29 is 24.5 Å². The minimum absolute atomic E-state index is 0.108. The lowest BCUT2D eigenvalue weighted by Crippen LogP contribution is -2.52. The quantitative estimate of drug-likeness (QED) is 0.640. The van der Waals surface area contributed by atoms with Crippen LogP contribution in [-0.2, 0) is 9.53 Å². The van der Waals surface area contributed by atoms with Gasteiger partial charge in [-0.25, -0.2) is 9.59 Å². The van der Waals surface area contributed by atoms with Crippen molar-refractivity contribution >= 4 is 12.1 Å². The van der Waals surface area contributed by atoms with Crippen molar-refractivity contribution in [1.82, 2.24) is 5.32 Å². The summed E-state index contributed by atoms with van der Waals surface area (Å²) in [6, 6.07) is -0.853. The first-order chi connectivity index (χ1) is 9.62. The molecule has 0 aromatic heterocycles. The molecule has 0 bridgehead atoms. The van der Waals surface area contributed by atoms with E-state index < -0.39 is 29.8 Å². The van der Waals surface area contributed by atoms with Crippen LogP contribution in [-0.4, -0.2) is 40.0 Å². The number of carboxylic acids is 1. The van der Waals surface area contributed by atoms with Gasteiger partial charge < -0.3 is 20.3 Å². The van der Waals surface area contributed by atoms with Gasteiger partial charge in [-0.05, 0) is 33.1 Å². The van der Waals surface area contributed by atoms with Gasteiger partial charge in [0, 0.05) is 0 Å². The summed E-state index contributed by atoms with van der Waals surface area (Å²) in [5.74, 6) is -1.45. The summed E-state index contributed by atoms with van der Waals surface area (Å²) in [6.45, 7) is 9.13. The first-order valence-electron chi connectivity index (χ1n) is 7.52. The lowest BCUT2D eigenvalue weighted by atomic mass is 9.88. The van der Waals surface area contributed by atoms with Gasteiger partial charge >= 0.3 is 12.1 Å². The van der Waals surface area contributed by atoms with E-state index >= 15 is 0 Å². The number of nitrogens with one attached hydrogen (secondary N) is 1. The number of aliphatic carboxylic acids is 1. The number of aliphatic hydroxyl groups excluding tert-OH is 1. The van der Waals surface area contributed by atoms with Crippen molar-refractivity contribution in [3.63, 3.8) is 0 Å². The Hall–Kier alpha value is -1.30. The molecule has 0 rings (SSSR count). The highest BCUT2D eigenvalue weighted by molar-refractivity contribution is 5.75. The van der Waals surface area contributed by atoms with Crippen LogP contribution in [0.15, 0.2) is 0 Å². The number of unbranched alkanes of at least 4 members (excludes halogenated alkanes) is 1. The van der Waals surface area contributed by atoms with Crippen LogP contribution in [0.25, 0.3) is 0 Å². The highest BCUT2D eigenvalue weighted by Gasteiger charge is 2.34. The van der Waals surface area contributed by atoms with Gasteiger partial charge in [0.25, 0.3) is 0 Å². The molecule has 0 radical (unpaired) electrons. The van der Waals surface area contributed by atoms with Crippen molar-refractivity contribution in [1.29, 1.82) is 0 Å². The predicted molar refractivity (Wildman–Crippen MR) is 80.1 cm³/mol. The maximum atomic E-state index is 11.9. The summed E-state index contributed by atoms with van der Waals surface area (Å²) in [6.07, 6.45) is 0.959. The molecule has 3 N–H and O–H groups in total. The monoisotopic (exact) mass is 303 g/mol. The van der Waals surface area contributed by atoms with Crippen molar-refractivity contribution in [2.24, 2.45) is 5.92 Å². The van der Waals surface area contributed by atoms with E-state index in [1.807, 2.05) is 13.8 Å². The summed E-state index contributed by atoms with van der Waals surface area (Å²) >= 11 is 0. The van der Waals surface area contributed by atoms with Crippen LogP contribution in [0.1, 0.15) is 60.3 Å². The fraction of sp³-hybridized carbons (Fsp3) is 0.867. The van der Waals surface area contributed by atoms with E-state index in [1.54, 1.807) is 20.8 Å². The van der Waals surface area contributed by atoms with Gasteiger partial charge in [0.05, 0.1) is 6.04 Å². The fourth-order valence-corrected chi connectivity index (χ4v) is 2.16. The van der Waals surface area contributed by atoms with Crippen LogP contribution in [0.3, 0.4) is 0 Å². The maximum absolute atomic E-state index is 11.9. The second kappa shape index (κ2) is 8.87. The largest absolute Gasteiger partial charge is 0.479 e. The minimum atomic E-state index is -1.64. The topological polar surface area (TPSA) is 95.9 Å². The van der Waals surface area contributed by atoms with Gasteiger partial charge in [0.2, 0.25) is 0 Å². The third-order valence-electron chi connectivity index (χ3n) is 3.24. The van der Waals surface area contributed by atoms with Gasteiger partial charge in [-0.3, -0.25) is 0 Å². The molecule has 21 heavy (non-hydrogen) atoms. The molecule has 6 heteroatoms. The SMILES string of the molecule is CCCC[C@H](CC)[C@H](NC(=O)OC(C)(C)C)[C@H](O)C(=O)O. The van der Waals surface area contributed by atoms with Crippen LogP contribution in [0.2, 0.25) is 0 Å². The Morgan fingerprint density at radius 3 is 2.19 bits per heavy atom. The lowest BCUT2D eigenvalue weighted by molar-refractivity contribution is -0.149. The lowest BCUT2D eigenvalue weighted by Gasteiger charge is -2.30. The normalized spacial score (nSPS) is 15.9. The molecule has 0 aliphatic rings. The average Bonchev–Trinajstić information content (AvgIpc) is 2.34. The number of carbonyl (C=O) groups excluding carboxylic acids is 1. The summed E-state index contributed by atoms with van der Waals surface area (Å²) in [4.78, 5) is 22.9. The van der Waals surface area contributed by atoms with Crippen LogP contribution in [0.4, 0.5) is 4.79 Å². The molecule has 0 spiro atoms. The Morgan fingerprint density at radius 1 is 1.24 bits per heavy atom. The van der Waals surface area contributed by atoms with E-state index in [1.165, 1.54) is 0 Å². The number of hydrogen-bond acceptors (Lipinski definition) is 4. The number of hydrogen-bond donors (Lipinski definition) is 3. The van der Waals surface area contributed by atoms with E-state index in [9.17, 15) is 14.7 Å². The van der Waals surface area contributed by atoms with Gasteiger partial charge in [-0.15, -0.1) is 0 Å². The van der Waals surface area contributed by atoms with Crippen LogP contribution < -0.4 is 5.32 Å². The zero-order valence-electron chi connectivity index (χ0n) is 13.7. The Morgan fingerprint density at radius 2 is 1.81 bits per heavy atom. The summed E-state index contributed by atoms with van der Waals surface area (Å²) in [5, 5.41) is 21.4. The first kappa shape index (κ1) is 19.7. The molecule has 0 fully saturated rings. The Bertz CT molecular complexity index is 337. The molecule has 0 aromatic rings. The molecule has 6 nitrogen and oxygen atoms in total. The van der Waals surface area contributed by atoms with Crippen molar-refractivity contribution in [2.75, 3.05) is 0 Å². The standard InChI is InChI=1S/C15H29NO5/c1-6-8-9-10(7-2)11(12(17)13(18)19)16-14(20)21-15(3,4)5/h10-12,17H,6-9H2,1-5H3,(H,16,20)(H,18,19)/t10-,11-,12-/m0/s1. The highest BCUT2D eigenvalue weighted by Crippen LogP contribution is 2.20. The van der Waals surface area contributed by atoms with Crippen LogP contribution >= 0.6 is 0 Å². The van der Waals surface area contributed by atoms with E-state index in [0.29, 0.717) is 6.42 Å². The van der Waals surface area contributed by atoms with Crippen molar-refractivity contribution in [3.8, 4) is 0 Å². The van der Waals surface area contributed by atoms with Crippen molar-refractivity contribution in [2.45, 2.75) is 78.0 Å². The molecule has 0 saturated heterocycles. The van der Waals surface area contributed by atoms with Crippen LogP contribution in [0, 0.1) is 5.92 Å². The number of carboxylic acid groups (broad SMARTS) is 1. The Labute approximate surface area is 126 Å². The van der Waals surface area contributed by atoms with Gasteiger partial charge in [-0.1, -0.05) is 33.1 Å². The molecule has 1 amide bonds. The smallest absolute Gasteiger partial charge is 0.407 e. The van der Waals surface area contributed by atoms with E-state index in [4.69, 9.17) is 9.84 Å². The summed E-state index contributed by atoms with van der Waals surface area (Å²) in [7, 11) is 0. The second-order valence-electron chi connectivity index (χ2n) is 6.27.